The minimum absolute atomic E-state index is 0.231. The summed E-state index contributed by atoms with van der Waals surface area (Å²) in [6.07, 6.45) is 3.64. The van der Waals surface area contributed by atoms with E-state index < -0.39 is 0 Å². The van der Waals surface area contributed by atoms with E-state index in [9.17, 15) is 4.79 Å². The lowest BCUT2D eigenvalue weighted by molar-refractivity contribution is 0.0526. The van der Waals surface area contributed by atoms with Crippen LogP contribution in [0.4, 0.5) is 0 Å². The van der Waals surface area contributed by atoms with E-state index in [1.807, 2.05) is 25.1 Å². The first-order chi connectivity index (χ1) is 8.31. The number of hydrogen-bond acceptors (Lipinski definition) is 3. The van der Waals surface area contributed by atoms with Crippen LogP contribution in [-0.2, 0) is 4.74 Å². The molecule has 0 spiro atoms. The van der Waals surface area contributed by atoms with E-state index in [4.69, 9.17) is 4.74 Å². The van der Waals surface area contributed by atoms with Gasteiger partial charge in [-0.15, -0.1) is 0 Å². The molecule has 0 aromatic heterocycles. The molecule has 1 aliphatic heterocycles. The quantitative estimate of drug-likeness (QED) is 0.816. The second-order valence-electron chi connectivity index (χ2n) is 4.35. The van der Waals surface area contributed by atoms with Crippen molar-refractivity contribution in [2.75, 3.05) is 13.2 Å². The minimum atomic E-state index is -0.231. The van der Waals surface area contributed by atoms with Gasteiger partial charge in [0.05, 0.1) is 12.2 Å². The maximum absolute atomic E-state index is 11.6. The summed E-state index contributed by atoms with van der Waals surface area (Å²) in [7, 11) is 0. The highest BCUT2D eigenvalue weighted by molar-refractivity contribution is 5.89. The Kier molecular flexibility index (Phi) is 4.15. The fourth-order valence-electron chi connectivity index (χ4n) is 2.23. The molecule has 1 aromatic rings. The zero-order chi connectivity index (χ0) is 12.1. The molecule has 0 bridgehead atoms. The normalized spacial score (nSPS) is 19.9. The molecule has 17 heavy (non-hydrogen) atoms. The SMILES string of the molecule is CCOC(=O)c1cccc([C@@H]2CCCCN2)c1. The van der Waals surface area contributed by atoms with Gasteiger partial charge in [-0.25, -0.2) is 4.79 Å². The standard InChI is InChI=1S/C14H19NO2/c1-2-17-14(16)12-7-5-6-11(10-12)13-8-3-4-9-15-13/h5-7,10,13,15H,2-4,8-9H2,1H3/t13-/m0/s1. The summed E-state index contributed by atoms with van der Waals surface area (Å²) >= 11 is 0. The average molecular weight is 233 g/mol. The fraction of sp³-hybridized carbons (Fsp3) is 0.500. The summed E-state index contributed by atoms with van der Waals surface area (Å²) in [6.45, 7) is 3.31. The Labute approximate surface area is 102 Å². The molecule has 1 N–H and O–H groups in total. The van der Waals surface area contributed by atoms with Gasteiger partial charge in [0.25, 0.3) is 0 Å². The van der Waals surface area contributed by atoms with Crippen LogP contribution in [0.2, 0.25) is 0 Å². The van der Waals surface area contributed by atoms with Gasteiger partial charge in [-0.1, -0.05) is 18.6 Å². The molecule has 1 aromatic carbocycles. The molecule has 1 saturated heterocycles. The van der Waals surface area contributed by atoms with Crippen molar-refractivity contribution in [1.82, 2.24) is 5.32 Å². The number of nitrogens with one attached hydrogen (secondary N) is 1. The van der Waals surface area contributed by atoms with Crippen LogP contribution >= 0.6 is 0 Å². The molecule has 3 nitrogen and oxygen atoms in total. The van der Waals surface area contributed by atoms with Gasteiger partial charge in [0.1, 0.15) is 0 Å². The molecule has 1 fully saturated rings. The third-order valence-electron chi connectivity index (χ3n) is 3.11. The summed E-state index contributed by atoms with van der Waals surface area (Å²) in [6, 6.07) is 8.15. The highest BCUT2D eigenvalue weighted by Crippen LogP contribution is 2.23. The molecule has 2 rings (SSSR count). The molecule has 3 heteroatoms. The van der Waals surface area contributed by atoms with Crippen molar-refractivity contribution in [3.8, 4) is 0 Å². The van der Waals surface area contributed by atoms with Crippen LogP contribution in [0.15, 0.2) is 24.3 Å². The number of rotatable bonds is 3. The van der Waals surface area contributed by atoms with Crippen molar-refractivity contribution in [1.29, 1.82) is 0 Å². The Morgan fingerprint density at radius 3 is 3.06 bits per heavy atom. The van der Waals surface area contributed by atoms with E-state index >= 15 is 0 Å². The number of carbonyl (C=O) groups excluding carboxylic acids is 1. The Bertz CT molecular complexity index is 384. The molecule has 1 heterocycles. The van der Waals surface area contributed by atoms with Crippen LogP contribution in [0, 0.1) is 0 Å². The van der Waals surface area contributed by atoms with Crippen molar-refractivity contribution in [3.05, 3.63) is 35.4 Å². The monoisotopic (exact) mass is 233 g/mol. The lowest BCUT2D eigenvalue weighted by Crippen LogP contribution is -2.26. The Morgan fingerprint density at radius 1 is 1.47 bits per heavy atom. The summed E-state index contributed by atoms with van der Waals surface area (Å²) in [4.78, 5) is 11.6. The number of hydrogen-bond donors (Lipinski definition) is 1. The minimum Gasteiger partial charge on any atom is -0.462 e. The molecule has 0 aliphatic carbocycles. The van der Waals surface area contributed by atoms with Crippen molar-refractivity contribution >= 4 is 5.97 Å². The maximum Gasteiger partial charge on any atom is 0.338 e. The molecule has 92 valence electrons. The van der Waals surface area contributed by atoms with E-state index in [0.717, 1.165) is 13.0 Å². The van der Waals surface area contributed by atoms with Gasteiger partial charge < -0.3 is 10.1 Å². The predicted molar refractivity (Wildman–Crippen MR) is 67.0 cm³/mol. The van der Waals surface area contributed by atoms with Gasteiger partial charge in [-0.05, 0) is 44.0 Å². The van der Waals surface area contributed by atoms with Crippen molar-refractivity contribution in [2.45, 2.75) is 32.2 Å². The van der Waals surface area contributed by atoms with Crippen LogP contribution in [-0.4, -0.2) is 19.1 Å². The van der Waals surface area contributed by atoms with Gasteiger partial charge in [-0.2, -0.15) is 0 Å². The number of esters is 1. The molecule has 0 amide bonds. The van der Waals surface area contributed by atoms with E-state index in [-0.39, 0.29) is 5.97 Å². The first kappa shape index (κ1) is 12.1. The van der Waals surface area contributed by atoms with Crippen molar-refractivity contribution in [2.24, 2.45) is 0 Å². The summed E-state index contributed by atoms with van der Waals surface area (Å²) < 4.78 is 5.01. The first-order valence-corrected chi connectivity index (χ1v) is 6.31. The van der Waals surface area contributed by atoms with Crippen LogP contribution < -0.4 is 5.32 Å². The van der Waals surface area contributed by atoms with Gasteiger partial charge in [0.2, 0.25) is 0 Å². The fourth-order valence-corrected chi connectivity index (χ4v) is 2.23. The summed E-state index contributed by atoms with van der Waals surface area (Å²) in [5.41, 5.74) is 1.84. The second-order valence-corrected chi connectivity index (χ2v) is 4.35. The van der Waals surface area contributed by atoms with E-state index in [2.05, 4.69) is 11.4 Å². The first-order valence-electron chi connectivity index (χ1n) is 6.31. The summed E-state index contributed by atoms with van der Waals surface area (Å²) in [5.74, 6) is -0.231. The number of piperidine rings is 1. The highest BCUT2D eigenvalue weighted by atomic mass is 16.5. The maximum atomic E-state index is 11.6. The zero-order valence-electron chi connectivity index (χ0n) is 10.2. The topological polar surface area (TPSA) is 38.3 Å². The van der Waals surface area contributed by atoms with E-state index in [1.165, 1.54) is 18.4 Å². The van der Waals surface area contributed by atoms with E-state index in [0.29, 0.717) is 18.2 Å². The number of benzene rings is 1. The van der Waals surface area contributed by atoms with Crippen LogP contribution in [0.5, 0.6) is 0 Å². The van der Waals surface area contributed by atoms with Crippen LogP contribution in [0.3, 0.4) is 0 Å². The average Bonchev–Trinajstić information content (AvgIpc) is 2.40. The van der Waals surface area contributed by atoms with Crippen molar-refractivity contribution in [3.63, 3.8) is 0 Å². The third kappa shape index (κ3) is 3.07. The molecule has 0 saturated carbocycles. The van der Waals surface area contributed by atoms with Gasteiger partial charge >= 0.3 is 5.97 Å². The van der Waals surface area contributed by atoms with Gasteiger partial charge in [-0.3, -0.25) is 0 Å². The highest BCUT2D eigenvalue weighted by Gasteiger charge is 2.16. The lowest BCUT2D eigenvalue weighted by atomic mass is 9.96. The smallest absolute Gasteiger partial charge is 0.338 e. The van der Waals surface area contributed by atoms with Crippen LogP contribution in [0.25, 0.3) is 0 Å². The number of carbonyl (C=O) groups is 1. The molecule has 0 radical (unpaired) electrons. The lowest BCUT2D eigenvalue weighted by Gasteiger charge is -2.24. The van der Waals surface area contributed by atoms with E-state index in [1.54, 1.807) is 0 Å². The van der Waals surface area contributed by atoms with Gasteiger partial charge in [0.15, 0.2) is 0 Å². The summed E-state index contributed by atoms with van der Waals surface area (Å²) in [5, 5.41) is 3.48. The number of ether oxygens (including phenoxy) is 1. The second kappa shape index (κ2) is 5.82. The van der Waals surface area contributed by atoms with Gasteiger partial charge in [0, 0.05) is 6.04 Å². The Morgan fingerprint density at radius 2 is 2.35 bits per heavy atom. The van der Waals surface area contributed by atoms with Crippen molar-refractivity contribution < 1.29 is 9.53 Å². The Balaban J connectivity index is 2.12. The predicted octanol–water partition coefficient (Wildman–Crippen LogP) is 2.68. The zero-order valence-corrected chi connectivity index (χ0v) is 10.2. The molecule has 1 aliphatic rings. The Hall–Kier alpha value is -1.35. The molecular weight excluding hydrogens is 214 g/mol. The molecule has 1 atom stereocenters. The molecular formula is C14H19NO2. The van der Waals surface area contributed by atoms with Crippen LogP contribution in [0.1, 0.15) is 48.1 Å². The third-order valence-corrected chi connectivity index (χ3v) is 3.11. The molecule has 0 unspecified atom stereocenters. The largest absolute Gasteiger partial charge is 0.462 e.